The number of nitrogens with zero attached hydrogens (tertiary/aromatic N) is 3. The van der Waals surface area contributed by atoms with Gasteiger partial charge in [0.05, 0.1) is 17.2 Å². The third kappa shape index (κ3) is 3.52. The zero-order chi connectivity index (χ0) is 17.1. The predicted octanol–water partition coefficient (Wildman–Crippen LogP) is 3.69. The Kier molecular flexibility index (Phi) is 5.01. The summed E-state index contributed by atoms with van der Waals surface area (Å²) in [7, 11) is 1.13. The third-order valence-corrected chi connectivity index (χ3v) is 4.86. The standard InChI is InChI=1S/C17H20BN3O2S/c1-4-9-23-13-6-5-12-10-16(24-15(12)11-13)14-7-8-19-17(20-14)21(3)18(2)22/h5-8,10-11,22H,4,9H2,1-3H3. The van der Waals surface area contributed by atoms with Gasteiger partial charge < -0.3 is 14.6 Å². The van der Waals surface area contributed by atoms with Crippen LogP contribution in [-0.2, 0) is 0 Å². The van der Waals surface area contributed by atoms with Gasteiger partial charge in [0.25, 0.3) is 0 Å². The van der Waals surface area contributed by atoms with Crippen molar-refractivity contribution in [1.82, 2.24) is 9.97 Å². The molecule has 24 heavy (non-hydrogen) atoms. The smallest absolute Gasteiger partial charge is 0.411 e. The molecule has 0 radical (unpaired) electrons. The maximum Gasteiger partial charge on any atom is 0.411 e. The van der Waals surface area contributed by atoms with Crippen LogP contribution in [0.15, 0.2) is 36.5 Å². The highest BCUT2D eigenvalue weighted by molar-refractivity contribution is 7.22. The number of ether oxygens (including phenoxy) is 1. The van der Waals surface area contributed by atoms with Gasteiger partial charge in [-0.15, -0.1) is 11.3 Å². The molecule has 0 aliphatic heterocycles. The largest absolute Gasteiger partial charge is 0.494 e. The van der Waals surface area contributed by atoms with Crippen molar-refractivity contribution in [2.24, 2.45) is 0 Å². The van der Waals surface area contributed by atoms with Crippen LogP contribution < -0.4 is 9.55 Å². The van der Waals surface area contributed by atoms with Crippen LogP contribution in [0.2, 0.25) is 6.82 Å². The van der Waals surface area contributed by atoms with Gasteiger partial charge >= 0.3 is 7.05 Å². The monoisotopic (exact) mass is 341 g/mol. The van der Waals surface area contributed by atoms with E-state index in [0.717, 1.165) is 29.3 Å². The van der Waals surface area contributed by atoms with Gasteiger partial charge in [0.2, 0.25) is 5.95 Å². The van der Waals surface area contributed by atoms with Crippen LogP contribution >= 0.6 is 11.3 Å². The lowest BCUT2D eigenvalue weighted by molar-refractivity contribution is 0.318. The molecule has 3 rings (SSSR count). The van der Waals surface area contributed by atoms with E-state index < -0.39 is 7.05 Å². The number of thiophene rings is 1. The van der Waals surface area contributed by atoms with Crippen molar-refractivity contribution in [3.05, 3.63) is 36.5 Å². The predicted molar refractivity (Wildman–Crippen MR) is 101 cm³/mol. The normalized spacial score (nSPS) is 10.8. The second-order valence-electron chi connectivity index (χ2n) is 5.64. The van der Waals surface area contributed by atoms with Crippen molar-refractivity contribution in [1.29, 1.82) is 0 Å². The Morgan fingerprint density at radius 2 is 2.12 bits per heavy atom. The summed E-state index contributed by atoms with van der Waals surface area (Å²) in [4.78, 5) is 11.5. The van der Waals surface area contributed by atoms with Crippen LogP contribution in [0.25, 0.3) is 20.7 Å². The van der Waals surface area contributed by atoms with Crippen LogP contribution in [0.1, 0.15) is 13.3 Å². The van der Waals surface area contributed by atoms with E-state index in [9.17, 15) is 5.02 Å². The van der Waals surface area contributed by atoms with Gasteiger partial charge in [-0.25, -0.2) is 9.97 Å². The molecular weight excluding hydrogens is 321 g/mol. The first-order chi connectivity index (χ1) is 11.6. The van der Waals surface area contributed by atoms with E-state index in [4.69, 9.17) is 4.74 Å². The number of anilines is 1. The first-order valence-corrected chi connectivity index (χ1v) is 8.81. The van der Waals surface area contributed by atoms with Crippen LogP contribution in [-0.4, -0.2) is 35.7 Å². The first-order valence-electron chi connectivity index (χ1n) is 7.99. The van der Waals surface area contributed by atoms with Gasteiger partial charge in [0.1, 0.15) is 5.75 Å². The van der Waals surface area contributed by atoms with Crippen LogP contribution in [0, 0.1) is 0 Å². The number of hydrogen-bond donors (Lipinski definition) is 1. The minimum absolute atomic E-state index is 0.506. The number of fused-ring (bicyclic) bond motifs is 1. The molecule has 0 aliphatic rings. The molecule has 0 aliphatic carbocycles. The van der Waals surface area contributed by atoms with Crippen LogP contribution in [0.5, 0.6) is 5.75 Å². The van der Waals surface area contributed by atoms with Crippen molar-refractivity contribution in [2.75, 3.05) is 18.5 Å². The summed E-state index contributed by atoms with van der Waals surface area (Å²) >= 11 is 1.68. The second-order valence-corrected chi connectivity index (χ2v) is 6.73. The highest BCUT2D eigenvalue weighted by atomic mass is 32.1. The van der Waals surface area contributed by atoms with Gasteiger partial charge in [-0.1, -0.05) is 6.92 Å². The molecule has 1 N–H and O–H groups in total. The molecule has 2 aromatic heterocycles. The van der Waals surface area contributed by atoms with E-state index in [1.807, 2.05) is 12.1 Å². The van der Waals surface area contributed by atoms with E-state index in [2.05, 4.69) is 35.1 Å². The van der Waals surface area contributed by atoms with Crippen molar-refractivity contribution in [3.8, 4) is 16.3 Å². The number of rotatable bonds is 6. The van der Waals surface area contributed by atoms with E-state index in [1.54, 1.807) is 36.2 Å². The molecule has 0 amide bonds. The number of benzene rings is 1. The molecule has 7 heteroatoms. The second kappa shape index (κ2) is 7.19. The van der Waals surface area contributed by atoms with E-state index in [-0.39, 0.29) is 0 Å². The first kappa shape index (κ1) is 16.7. The molecule has 0 saturated heterocycles. The third-order valence-electron chi connectivity index (χ3n) is 3.74. The minimum atomic E-state index is -0.638. The van der Waals surface area contributed by atoms with E-state index in [0.29, 0.717) is 5.95 Å². The fourth-order valence-electron chi connectivity index (χ4n) is 2.27. The highest BCUT2D eigenvalue weighted by Crippen LogP contribution is 2.34. The number of aromatic nitrogens is 2. The maximum absolute atomic E-state index is 9.69. The zero-order valence-electron chi connectivity index (χ0n) is 14.1. The average Bonchev–Trinajstić information content (AvgIpc) is 3.02. The Morgan fingerprint density at radius 1 is 1.29 bits per heavy atom. The van der Waals surface area contributed by atoms with E-state index >= 15 is 0 Å². The molecule has 2 heterocycles. The SMILES string of the molecule is CCCOc1ccc2cc(-c3ccnc(N(C)B(C)O)n3)sc2c1. The lowest BCUT2D eigenvalue weighted by Gasteiger charge is -2.17. The Labute approximate surface area is 146 Å². The number of hydrogen-bond acceptors (Lipinski definition) is 6. The van der Waals surface area contributed by atoms with Crippen molar-refractivity contribution in [2.45, 2.75) is 20.2 Å². The fourth-order valence-corrected chi connectivity index (χ4v) is 3.33. The van der Waals surface area contributed by atoms with Crippen LogP contribution in [0.4, 0.5) is 5.95 Å². The Hall–Kier alpha value is -2.12. The summed E-state index contributed by atoms with van der Waals surface area (Å²) in [6.07, 6.45) is 2.71. The summed E-state index contributed by atoms with van der Waals surface area (Å²) in [5.74, 6) is 1.40. The Balaban J connectivity index is 1.93. The topological polar surface area (TPSA) is 58.5 Å². The summed E-state index contributed by atoms with van der Waals surface area (Å²) in [6, 6.07) is 10.2. The molecule has 124 valence electrons. The molecule has 0 fully saturated rings. The quantitative estimate of drug-likeness (QED) is 0.693. The molecule has 0 saturated carbocycles. The fraction of sp³-hybridized carbons (Fsp3) is 0.294. The summed E-state index contributed by atoms with van der Waals surface area (Å²) in [5.41, 5.74) is 0.852. The Morgan fingerprint density at radius 3 is 2.88 bits per heavy atom. The maximum atomic E-state index is 9.69. The molecule has 0 atom stereocenters. The van der Waals surface area contributed by atoms with Gasteiger partial charge in [0, 0.05) is 10.9 Å². The molecule has 0 spiro atoms. The van der Waals surface area contributed by atoms with Gasteiger partial charge in [-0.05, 0) is 56.0 Å². The molecule has 5 nitrogen and oxygen atoms in total. The Bertz CT molecular complexity index is 838. The molecule has 0 bridgehead atoms. The summed E-state index contributed by atoms with van der Waals surface area (Å²) in [5, 5.41) is 10.9. The van der Waals surface area contributed by atoms with Crippen molar-refractivity contribution >= 4 is 34.4 Å². The summed E-state index contributed by atoms with van der Waals surface area (Å²) in [6.45, 7) is 4.51. The van der Waals surface area contributed by atoms with Gasteiger partial charge in [-0.3, -0.25) is 0 Å². The highest BCUT2D eigenvalue weighted by Gasteiger charge is 2.15. The molecule has 0 unspecified atom stereocenters. The van der Waals surface area contributed by atoms with Gasteiger partial charge in [-0.2, -0.15) is 0 Å². The van der Waals surface area contributed by atoms with E-state index in [1.165, 1.54) is 10.1 Å². The minimum Gasteiger partial charge on any atom is -0.494 e. The molecular formula is C17H20BN3O2S. The molecule has 3 aromatic rings. The van der Waals surface area contributed by atoms with Gasteiger partial charge in [0.15, 0.2) is 0 Å². The van der Waals surface area contributed by atoms with Crippen LogP contribution in [0.3, 0.4) is 0 Å². The molecule has 1 aromatic carbocycles. The summed E-state index contributed by atoms with van der Waals surface area (Å²) < 4.78 is 6.87. The zero-order valence-corrected chi connectivity index (χ0v) is 14.9. The van der Waals surface area contributed by atoms with Crippen molar-refractivity contribution in [3.63, 3.8) is 0 Å². The lowest BCUT2D eigenvalue weighted by Crippen LogP contribution is -2.34. The average molecular weight is 341 g/mol. The lowest BCUT2D eigenvalue weighted by atomic mass is 9.86. The van der Waals surface area contributed by atoms with Crippen molar-refractivity contribution < 1.29 is 9.76 Å².